The van der Waals surface area contributed by atoms with E-state index in [9.17, 15) is 0 Å². The average molecular weight is 404 g/mol. The summed E-state index contributed by atoms with van der Waals surface area (Å²) in [5.41, 5.74) is 6.72. The van der Waals surface area contributed by atoms with Gasteiger partial charge in [0.15, 0.2) is 5.65 Å². The smallest absolute Gasteiger partial charge is 0.300 e. The maximum absolute atomic E-state index is 9.00. The zero-order valence-corrected chi connectivity index (χ0v) is 13.7. The summed E-state index contributed by atoms with van der Waals surface area (Å²) in [6.07, 6.45) is 3.80. The van der Waals surface area contributed by atoms with Gasteiger partial charge in [0.1, 0.15) is 15.8 Å². The first-order valence-corrected chi connectivity index (χ1v) is 7.63. The zero-order chi connectivity index (χ0) is 15.4. The summed E-state index contributed by atoms with van der Waals surface area (Å²) < 4.78 is 2.86. The fraction of sp³-hybridized carbons (Fsp3) is 0.500. The highest BCUT2D eigenvalue weighted by Gasteiger charge is 2.21. The Hall–Kier alpha value is -1.49. The van der Waals surface area contributed by atoms with Gasteiger partial charge >= 0.3 is 0 Å². The molecule has 3 heterocycles. The molecular formula is C12H17IN6O2. The Morgan fingerprint density at radius 3 is 2.90 bits per heavy atom. The van der Waals surface area contributed by atoms with Crippen LogP contribution in [-0.4, -0.2) is 43.9 Å². The summed E-state index contributed by atoms with van der Waals surface area (Å²) >= 11 is 2.19. The monoisotopic (exact) mass is 404 g/mol. The lowest BCUT2D eigenvalue weighted by atomic mass is 10.1. The number of nitrogens with zero attached hydrogens (tertiary/aromatic N) is 4. The van der Waals surface area contributed by atoms with E-state index < -0.39 is 5.97 Å². The number of carboxylic acid groups (broad SMARTS) is 1. The molecule has 2 aromatic rings. The number of hydrogen-bond donors (Lipinski definition) is 3. The number of carboxylic acids is 1. The maximum atomic E-state index is 9.00. The number of aliphatic carboxylic acids is 1. The largest absolute Gasteiger partial charge is 0.481 e. The summed E-state index contributed by atoms with van der Waals surface area (Å²) in [5, 5.41) is 16.2. The van der Waals surface area contributed by atoms with Crippen molar-refractivity contribution in [2.24, 2.45) is 0 Å². The van der Waals surface area contributed by atoms with Crippen molar-refractivity contribution in [1.29, 1.82) is 0 Å². The molecule has 1 atom stereocenters. The molecule has 21 heavy (non-hydrogen) atoms. The molecule has 0 saturated carbocycles. The molecule has 0 aliphatic carbocycles. The molecule has 114 valence electrons. The molecule has 1 saturated heterocycles. The quantitative estimate of drug-likeness (QED) is 0.608. The molecule has 0 amide bonds. The van der Waals surface area contributed by atoms with E-state index >= 15 is 0 Å². The summed E-state index contributed by atoms with van der Waals surface area (Å²) in [6.45, 7) is 3.11. The van der Waals surface area contributed by atoms with Crippen LogP contribution in [0.1, 0.15) is 25.8 Å². The molecule has 1 aliphatic heterocycles. The molecule has 0 radical (unpaired) electrons. The van der Waals surface area contributed by atoms with E-state index in [0.29, 0.717) is 11.9 Å². The maximum Gasteiger partial charge on any atom is 0.300 e. The van der Waals surface area contributed by atoms with Crippen LogP contribution in [0, 0.1) is 3.70 Å². The predicted octanol–water partition coefficient (Wildman–Crippen LogP) is 1.03. The van der Waals surface area contributed by atoms with E-state index in [1.807, 2.05) is 4.68 Å². The summed E-state index contributed by atoms with van der Waals surface area (Å²) in [7, 11) is 0. The number of nitrogens with one attached hydrogen (secondary N) is 1. The van der Waals surface area contributed by atoms with Gasteiger partial charge in [-0.2, -0.15) is 5.10 Å². The van der Waals surface area contributed by atoms with E-state index in [1.54, 1.807) is 0 Å². The van der Waals surface area contributed by atoms with Crippen LogP contribution >= 0.6 is 22.6 Å². The summed E-state index contributed by atoms with van der Waals surface area (Å²) in [6, 6.07) is 0.365. The average Bonchev–Trinajstić information content (AvgIpc) is 2.78. The number of halogens is 1. The lowest BCUT2D eigenvalue weighted by molar-refractivity contribution is -0.134. The number of piperidine rings is 1. The van der Waals surface area contributed by atoms with Crippen LogP contribution in [0.15, 0.2) is 6.33 Å². The Morgan fingerprint density at radius 2 is 2.29 bits per heavy atom. The number of fused-ring (bicyclic) bond motifs is 1. The van der Waals surface area contributed by atoms with Crippen molar-refractivity contribution in [3.8, 4) is 0 Å². The Morgan fingerprint density at radius 1 is 1.57 bits per heavy atom. The van der Waals surface area contributed by atoms with Crippen molar-refractivity contribution in [1.82, 2.24) is 25.1 Å². The summed E-state index contributed by atoms with van der Waals surface area (Å²) in [4.78, 5) is 17.3. The fourth-order valence-corrected chi connectivity index (χ4v) is 3.00. The Labute approximate surface area is 135 Å². The van der Waals surface area contributed by atoms with E-state index in [-0.39, 0.29) is 0 Å². The molecule has 1 aliphatic rings. The van der Waals surface area contributed by atoms with Crippen molar-refractivity contribution in [2.75, 3.05) is 18.8 Å². The van der Waals surface area contributed by atoms with Crippen molar-refractivity contribution in [3.05, 3.63) is 10.0 Å². The predicted molar refractivity (Wildman–Crippen MR) is 86.9 cm³/mol. The number of nitrogens with two attached hydrogens (primary N) is 1. The second-order valence-electron chi connectivity index (χ2n) is 4.71. The third kappa shape index (κ3) is 3.79. The molecule has 0 bridgehead atoms. The first-order chi connectivity index (χ1) is 10.0. The highest BCUT2D eigenvalue weighted by Crippen LogP contribution is 2.27. The lowest BCUT2D eigenvalue weighted by Crippen LogP contribution is -2.32. The fourth-order valence-electron chi connectivity index (χ4n) is 2.25. The molecule has 0 aromatic carbocycles. The molecule has 3 rings (SSSR count). The van der Waals surface area contributed by atoms with Gasteiger partial charge < -0.3 is 16.2 Å². The normalized spacial score (nSPS) is 18.1. The van der Waals surface area contributed by atoms with Gasteiger partial charge in [-0.25, -0.2) is 14.6 Å². The van der Waals surface area contributed by atoms with Gasteiger partial charge in [0.2, 0.25) is 0 Å². The van der Waals surface area contributed by atoms with Crippen LogP contribution < -0.4 is 11.1 Å². The number of anilines is 1. The Kier molecular flexibility index (Phi) is 5.28. The first-order valence-electron chi connectivity index (χ1n) is 6.55. The second kappa shape index (κ2) is 6.98. The van der Waals surface area contributed by atoms with Crippen LogP contribution in [0.4, 0.5) is 5.82 Å². The van der Waals surface area contributed by atoms with Crippen LogP contribution in [0.25, 0.3) is 11.0 Å². The topological polar surface area (TPSA) is 119 Å². The van der Waals surface area contributed by atoms with Crippen LogP contribution in [0.3, 0.4) is 0 Å². The highest BCUT2D eigenvalue weighted by molar-refractivity contribution is 14.1. The zero-order valence-electron chi connectivity index (χ0n) is 11.6. The number of rotatable bonds is 1. The summed E-state index contributed by atoms with van der Waals surface area (Å²) in [5.74, 6) is -0.325. The first kappa shape index (κ1) is 15.9. The molecule has 0 unspecified atom stereocenters. The Balaban J connectivity index is 0.000000361. The molecule has 9 heteroatoms. The molecular weight excluding hydrogens is 387 g/mol. The van der Waals surface area contributed by atoms with Crippen LogP contribution in [0.2, 0.25) is 0 Å². The molecule has 4 N–H and O–H groups in total. The number of aromatic nitrogens is 4. The molecule has 2 aromatic heterocycles. The molecule has 8 nitrogen and oxygen atoms in total. The van der Waals surface area contributed by atoms with Gasteiger partial charge in [-0.1, -0.05) is 0 Å². The Bertz CT molecular complexity index is 634. The van der Waals surface area contributed by atoms with Gasteiger partial charge in [0.25, 0.3) is 5.97 Å². The van der Waals surface area contributed by atoms with E-state index in [2.05, 4.69) is 43.0 Å². The van der Waals surface area contributed by atoms with Gasteiger partial charge in [-0.05, 0) is 42.0 Å². The number of hydrogen-bond acceptors (Lipinski definition) is 6. The van der Waals surface area contributed by atoms with E-state index in [0.717, 1.165) is 41.2 Å². The highest BCUT2D eigenvalue weighted by atomic mass is 127. The van der Waals surface area contributed by atoms with Crippen molar-refractivity contribution >= 4 is 45.4 Å². The third-order valence-electron chi connectivity index (χ3n) is 3.09. The molecule has 1 fully saturated rings. The van der Waals surface area contributed by atoms with Gasteiger partial charge in [-0.15, -0.1) is 0 Å². The van der Waals surface area contributed by atoms with E-state index in [1.165, 1.54) is 12.7 Å². The van der Waals surface area contributed by atoms with Crippen molar-refractivity contribution in [3.63, 3.8) is 0 Å². The van der Waals surface area contributed by atoms with E-state index in [4.69, 9.17) is 15.6 Å². The van der Waals surface area contributed by atoms with Gasteiger partial charge in [0.05, 0.1) is 11.4 Å². The number of carbonyl (C=O) groups is 1. The minimum atomic E-state index is -0.833. The van der Waals surface area contributed by atoms with Crippen LogP contribution in [-0.2, 0) is 4.79 Å². The van der Waals surface area contributed by atoms with Crippen LogP contribution in [0.5, 0.6) is 0 Å². The van der Waals surface area contributed by atoms with Crippen molar-refractivity contribution in [2.45, 2.75) is 25.8 Å². The van der Waals surface area contributed by atoms with Gasteiger partial charge in [-0.3, -0.25) is 4.79 Å². The minimum Gasteiger partial charge on any atom is -0.481 e. The number of nitrogen functional groups attached to an aromatic ring is 1. The standard InChI is InChI=1S/C10H13IN6.C2H4O2/c11-8-7-9(12)14-5-15-10(7)17(16-8)6-2-1-3-13-4-6;1-2(3)4/h5-6,13H,1-4H2,(H2,12,14,15);1H3,(H,3,4)/t6-;/m0./s1. The molecule has 0 spiro atoms. The van der Waals surface area contributed by atoms with Gasteiger partial charge in [0, 0.05) is 13.5 Å². The minimum absolute atomic E-state index is 0.365. The van der Waals surface area contributed by atoms with Crippen molar-refractivity contribution < 1.29 is 9.90 Å². The lowest BCUT2D eigenvalue weighted by Gasteiger charge is -2.23. The third-order valence-corrected chi connectivity index (χ3v) is 3.85. The SMILES string of the molecule is CC(=O)O.Nc1ncnc2c1c(I)nn2[C@H]1CCCNC1. The second-order valence-corrected chi connectivity index (χ2v) is 5.73.